The van der Waals surface area contributed by atoms with Crippen LogP contribution < -0.4 is 5.32 Å². The van der Waals surface area contributed by atoms with Crippen LogP contribution in [0, 0.1) is 5.41 Å². The zero-order valence-electron chi connectivity index (χ0n) is 8.52. The summed E-state index contributed by atoms with van der Waals surface area (Å²) in [6.45, 7) is 5.55. The highest BCUT2D eigenvalue weighted by atomic mass is 16.2. The van der Waals surface area contributed by atoms with E-state index in [1.54, 1.807) is 0 Å². The van der Waals surface area contributed by atoms with Gasteiger partial charge in [-0.1, -0.05) is 20.8 Å². The molecule has 1 rings (SSSR count). The van der Waals surface area contributed by atoms with Crippen LogP contribution in [0.1, 0.15) is 40.0 Å². The maximum absolute atomic E-state index is 11.5. The lowest BCUT2D eigenvalue weighted by Gasteiger charge is -2.20. The van der Waals surface area contributed by atoms with Crippen molar-refractivity contribution in [1.82, 2.24) is 5.32 Å². The molecule has 1 amide bonds. The van der Waals surface area contributed by atoms with Crippen molar-refractivity contribution in [3.8, 4) is 0 Å². The Balaban J connectivity index is 2.49. The minimum Gasteiger partial charge on any atom is -0.346 e. The minimum absolute atomic E-state index is 0.0345. The summed E-state index contributed by atoms with van der Waals surface area (Å²) in [6.07, 6.45) is 2.34. The average molecular weight is 183 g/mol. The number of rotatable bonds is 1. The van der Waals surface area contributed by atoms with E-state index in [1.807, 2.05) is 20.8 Å². The third-order valence-electron chi connectivity index (χ3n) is 2.29. The molecule has 1 saturated carbocycles. The Morgan fingerprint density at radius 1 is 1.46 bits per heavy atom. The molecule has 0 spiro atoms. The van der Waals surface area contributed by atoms with Crippen molar-refractivity contribution in [3.63, 3.8) is 0 Å². The number of amides is 1. The Morgan fingerprint density at radius 2 is 2.08 bits per heavy atom. The number of carbonyl (C=O) groups is 2. The third kappa shape index (κ3) is 2.54. The number of carbonyl (C=O) groups excluding carboxylic acids is 2. The van der Waals surface area contributed by atoms with E-state index >= 15 is 0 Å². The summed E-state index contributed by atoms with van der Waals surface area (Å²) in [7, 11) is 0. The maximum Gasteiger partial charge on any atom is 0.225 e. The zero-order valence-corrected chi connectivity index (χ0v) is 8.52. The first kappa shape index (κ1) is 10.2. The van der Waals surface area contributed by atoms with Gasteiger partial charge in [0, 0.05) is 11.8 Å². The van der Waals surface area contributed by atoms with Crippen molar-refractivity contribution in [2.75, 3.05) is 0 Å². The van der Waals surface area contributed by atoms with E-state index in [4.69, 9.17) is 0 Å². The number of nitrogens with one attached hydrogen (secondary N) is 1. The monoisotopic (exact) mass is 183 g/mol. The molecule has 0 saturated heterocycles. The van der Waals surface area contributed by atoms with Crippen LogP contribution in [0.2, 0.25) is 0 Å². The fourth-order valence-electron chi connectivity index (χ4n) is 1.34. The quantitative estimate of drug-likeness (QED) is 0.665. The predicted octanol–water partition coefficient (Wildman–Crippen LogP) is 1.27. The van der Waals surface area contributed by atoms with Gasteiger partial charge in [0.05, 0.1) is 6.04 Å². The lowest BCUT2D eigenvalue weighted by Crippen LogP contribution is -2.43. The molecule has 74 valence electrons. The maximum atomic E-state index is 11.5. The fraction of sp³-hybridized carbons (Fsp3) is 0.800. The van der Waals surface area contributed by atoms with Crippen LogP contribution in [0.25, 0.3) is 0 Å². The molecule has 1 aliphatic carbocycles. The topological polar surface area (TPSA) is 46.2 Å². The molecule has 1 aliphatic rings. The Labute approximate surface area is 78.9 Å². The summed E-state index contributed by atoms with van der Waals surface area (Å²) < 4.78 is 0. The van der Waals surface area contributed by atoms with Crippen LogP contribution in [0.3, 0.4) is 0 Å². The van der Waals surface area contributed by atoms with E-state index < -0.39 is 5.41 Å². The highest BCUT2D eigenvalue weighted by molar-refractivity contribution is 5.91. The molecule has 0 aliphatic heterocycles. The Bertz CT molecular complexity index is 228. The average Bonchev–Trinajstić information content (AvgIpc) is 2.34. The fourth-order valence-corrected chi connectivity index (χ4v) is 1.34. The molecular formula is C10H17NO2. The van der Waals surface area contributed by atoms with E-state index in [0.717, 1.165) is 12.8 Å². The van der Waals surface area contributed by atoms with Crippen molar-refractivity contribution in [3.05, 3.63) is 0 Å². The molecule has 0 aromatic heterocycles. The lowest BCUT2D eigenvalue weighted by atomic mass is 9.95. The van der Waals surface area contributed by atoms with Gasteiger partial charge in [-0.15, -0.1) is 0 Å². The minimum atomic E-state index is -0.400. The van der Waals surface area contributed by atoms with Crippen LogP contribution >= 0.6 is 0 Å². The number of Topliss-reactive ketones (excluding diaryl/α,β-unsaturated/α-hetero) is 1. The van der Waals surface area contributed by atoms with Crippen LogP contribution in [0.5, 0.6) is 0 Å². The second kappa shape index (κ2) is 3.48. The predicted molar refractivity (Wildman–Crippen MR) is 50.2 cm³/mol. The van der Waals surface area contributed by atoms with Crippen LogP contribution in [0.15, 0.2) is 0 Å². The Hall–Kier alpha value is -0.860. The molecule has 0 radical (unpaired) electrons. The molecule has 0 heterocycles. The molecule has 1 atom stereocenters. The molecule has 1 N–H and O–H groups in total. The zero-order chi connectivity index (χ0) is 10.1. The van der Waals surface area contributed by atoms with Gasteiger partial charge in [0.15, 0.2) is 5.78 Å². The van der Waals surface area contributed by atoms with Crippen molar-refractivity contribution in [2.45, 2.75) is 46.1 Å². The highest BCUT2D eigenvalue weighted by Crippen LogP contribution is 2.18. The van der Waals surface area contributed by atoms with Crippen molar-refractivity contribution in [1.29, 1.82) is 0 Å². The van der Waals surface area contributed by atoms with E-state index in [-0.39, 0.29) is 17.7 Å². The van der Waals surface area contributed by atoms with Gasteiger partial charge in [-0.05, 0) is 12.8 Å². The van der Waals surface area contributed by atoms with Gasteiger partial charge in [0.1, 0.15) is 0 Å². The molecule has 13 heavy (non-hydrogen) atoms. The summed E-state index contributed by atoms with van der Waals surface area (Å²) in [4.78, 5) is 22.7. The highest BCUT2D eigenvalue weighted by Gasteiger charge is 2.29. The van der Waals surface area contributed by atoms with Gasteiger partial charge < -0.3 is 5.32 Å². The first-order chi connectivity index (χ1) is 5.91. The normalized spacial score (nSPS) is 23.3. The van der Waals surface area contributed by atoms with E-state index in [2.05, 4.69) is 5.32 Å². The summed E-state index contributed by atoms with van der Waals surface area (Å²) in [5, 5.41) is 2.78. The third-order valence-corrected chi connectivity index (χ3v) is 2.29. The Morgan fingerprint density at radius 3 is 2.46 bits per heavy atom. The van der Waals surface area contributed by atoms with Crippen LogP contribution in [0.4, 0.5) is 0 Å². The lowest BCUT2D eigenvalue weighted by molar-refractivity contribution is -0.132. The molecular weight excluding hydrogens is 166 g/mol. The van der Waals surface area contributed by atoms with Crippen LogP contribution in [-0.2, 0) is 9.59 Å². The number of hydrogen-bond acceptors (Lipinski definition) is 2. The van der Waals surface area contributed by atoms with Gasteiger partial charge >= 0.3 is 0 Å². The van der Waals surface area contributed by atoms with Crippen molar-refractivity contribution < 1.29 is 9.59 Å². The Kier molecular flexibility index (Phi) is 2.74. The van der Waals surface area contributed by atoms with Gasteiger partial charge in [0.2, 0.25) is 5.91 Å². The van der Waals surface area contributed by atoms with E-state index in [9.17, 15) is 9.59 Å². The molecule has 0 aromatic carbocycles. The van der Waals surface area contributed by atoms with Gasteiger partial charge in [-0.3, -0.25) is 9.59 Å². The molecule has 3 heteroatoms. The largest absolute Gasteiger partial charge is 0.346 e. The van der Waals surface area contributed by atoms with Crippen molar-refractivity contribution in [2.24, 2.45) is 5.41 Å². The van der Waals surface area contributed by atoms with E-state index in [1.165, 1.54) is 0 Å². The SMILES string of the molecule is CC(C)(C)C(=O)NC1CCCC1=O. The molecule has 1 unspecified atom stereocenters. The number of ketones is 1. The van der Waals surface area contributed by atoms with Gasteiger partial charge in [-0.25, -0.2) is 0 Å². The summed E-state index contributed by atoms with van der Waals surface area (Å²) >= 11 is 0. The summed E-state index contributed by atoms with van der Waals surface area (Å²) in [6, 6.07) is -0.216. The van der Waals surface area contributed by atoms with Gasteiger partial charge in [0.25, 0.3) is 0 Å². The molecule has 3 nitrogen and oxygen atoms in total. The van der Waals surface area contributed by atoms with E-state index in [0.29, 0.717) is 6.42 Å². The molecule has 0 bridgehead atoms. The smallest absolute Gasteiger partial charge is 0.225 e. The van der Waals surface area contributed by atoms with Crippen molar-refractivity contribution >= 4 is 11.7 Å². The molecule has 1 fully saturated rings. The standard InChI is InChI=1S/C10H17NO2/c1-10(2,3)9(13)11-7-5-4-6-8(7)12/h7H,4-6H2,1-3H3,(H,11,13). The number of hydrogen-bond donors (Lipinski definition) is 1. The van der Waals surface area contributed by atoms with Gasteiger partial charge in [-0.2, -0.15) is 0 Å². The van der Waals surface area contributed by atoms with Crippen LogP contribution in [-0.4, -0.2) is 17.7 Å². The second-order valence-corrected chi connectivity index (χ2v) is 4.63. The summed E-state index contributed by atoms with van der Waals surface area (Å²) in [5.41, 5.74) is -0.400. The second-order valence-electron chi connectivity index (χ2n) is 4.63. The summed E-state index contributed by atoms with van der Waals surface area (Å²) in [5.74, 6) is 0.144. The first-order valence-electron chi connectivity index (χ1n) is 4.75. The molecule has 0 aromatic rings. The first-order valence-corrected chi connectivity index (χ1v) is 4.75.